The van der Waals surface area contributed by atoms with Crippen molar-refractivity contribution >= 4 is 0 Å². The molecule has 0 fully saturated rings. The summed E-state index contributed by atoms with van der Waals surface area (Å²) in [4.78, 5) is 0. The number of alkyl halides is 6. The number of halogens is 6. The van der Waals surface area contributed by atoms with E-state index in [0.29, 0.717) is 33.4 Å². The quantitative estimate of drug-likeness (QED) is 0.225. The molecule has 0 saturated carbocycles. The SMILES string of the molecule is Cc1ccc2c(c1)C(C)(C(F)(F)F)c1cc(-c3ccc4c(c3)C(C)(C(F)(F)F)c3ccccc3-4)ccc1-2. The van der Waals surface area contributed by atoms with E-state index in [1.165, 1.54) is 32.0 Å². The van der Waals surface area contributed by atoms with Crippen molar-refractivity contribution in [1.29, 1.82) is 0 Å². The van der Waals surface area contributed by atoms with E-state index in [1.807, 2.05) is 0 Å². The monoisotopic (exact) mass is 508 g/mol. The van der Waals surface area contributed by atoms with Gasteiger partial charge in [0.05, 0.1) is 0 Å². The van der Waals surface area contributed by atoms with E-state index < -0.39 is 23.2 Å². The van der Waals surface area contributed by atoms with Gasteiger partial charge in [0, 0.05) is 0 Å². The Hall–Kier alpha value is -3.54. The van der Waals surface area contributed by atoms with Gasteiger partial charge in [-0.15, -0.1) is 0 Å². The maximum atomic E-state index is 14.6. The Morgan fingerprint density at radius 2 is 0.892 bits per heavy atom. The largest absolute Gasteiger partial charge is 0.402 e. The lowest BCUT2D eigenvalue weighted by atomic mass is 9.77. The summed E-state index contributed by atoms with van der Waals surface area (Å²) in [5.41, 5.74) is -0.203. The van der Waals surface area contributed by atoms with Gasteiger partial charge in [-0.3, -0.25) is 0 Å². The molecule has 37 heavy (non-hydrogen) atoms. The first-order chi connectivity index (χ1) is 17.3. The zero-order valence-corrected chi connectivity index (χ0v) is 20.3. The number of hydrogen-bond acceptors (Lipinski definition) is 0. The average molecular weight is 509 g/mol. The standard InChI is InChI=1S/C31H22F6/c1-17-8-11-21-23-13-10-19(16-27(23)29(3,25(21)14-17)31(35,36)37)18-9-12-22-20-6-4-5-7-24(20)28(2,26(22)15-18)30(32,33)34/h4-16H,1-3H3. The predicted octanol–water partition coefficient (Wildman–Crippen LogP) is 9.36. The molecule has 0 nitrogen and oxygen atoms in total. The molecule has 0 saturated heterocycles. The zero-order valence-electron chi connectivity index (χ0n) is 20.3. The van der Waals surface area contributed by atoms with Crippen LogP contribution in [-0.2, 0) is 10.8 Å². The third-order valence-corrected chi connectivity index (χ3v) is 8.34. The summed E-state index contributed by atoms with van der Waals surface area (Å²) in [7, 11) is 0. The lowest BCUT2D eigenvalue weighted by Gasteiger charge is -2.31. The van der Waals surface area contributed by atoms with Crippen molar-refractivity contribution < 1.29 is 26.3 Å². The van der Waals surface area contributed by atoms with Gasteiger partial charge in [0.1, 0.15) is 10.8 Å². The highest BCUT2D eigenvalue weighted by atomic mass is 19.4. The van der Waals surface area contributed by atoms with E-state index in [4.69, 9.17) is 0 Å². The minimum absolute atomic E-state index is 0.108. The zero-order chi connectivity index (χ0) is 26.5. The van der Waals surface area contributed by atoms with E-state index in [-0.39, 0.29) is 22.3 Å². The minimum atomic E-state index is -4.56. The van der Waals surface area contributed by atoms with Crippen LogP contribution in [0.15, 0.2) is 78.9 Å². The van der Waals surface area contributed by atoms with Gasteiger partial charge in [-0.1, -0.05) is 72.3 Å². The van der Waals surface area contributed by atoms with Crippen LogP contribution >= 0.6 is 0 Å². The van der Waals surface area contributed by atoms with Crippen LogP contribution in [0.4, 0.5) is 26.3 Å². The van der Waals surface area contributed by atoms with Crippen molar-refractivity contribution in [2.24, 2.45) is 0 Å². The van der Waals surface area contributed by atoms with Crippen LogP contribution in [0.3, 0.4) is 0 Å². The maximum Gasteiger partial charge on any atom is 0.402 e. The van der Waals surface area contributed by atoms with Crippen LogP contribution in [0.2, 0.25) is 0 Å². The molecule has 0 aliphatic heterocycles. The highest BCUT2D eigenvalue weighted by Crippen LogP contribution is 2.59. The number of benzene rings is 4. The predicted molar refractivity (Wildman–Crippen MR) is 133 cm³/mol. The molecular formula is C31H22F6. The Balaban J connectivity index is 1.56. The molecule has 4 aromatic rings. The molecule has 2 aliphatic rings. The first-order valence-corrected chi connectivity index (χ1v) is 11.9. The fourth-order valence-corrected chi connectivity index (χ4v) is 6.11. The Labute approximate surface area is 210 Å². The fraction of sp³-hybridized carbons (Fsp3) is 0.226. The average Bonchev–Trinajstić information content (AvgIpc) is 3.26. The molecule has 0 aromatic heterocycles. The summed E-state index contributed by atoms with van der Waals surface area (Å²) < 4.78 is 87.3. The second-order valence-electron chi connectivity index (χ2n) is 10.4. The van der Waals surface area contributed by atoms with Crippen molar-refractivity contribution in [2.45, 2.75) is 44.0 Å². The number of aryl methyl sites for hydroxylation is 1. The number of hydrogen-bond donors (Lipinski definition) is 0. The Kier molecular flexibility index (Phi) is 4.69. The van der Waals surface area contributed by atoms with Crippen LogP contribution < -0.4 is 0 Å². The molecule has 2 unspecified atom stereocenters. The second kappa shape index (κ2) is 7.27. The first kappa shape index (κ1) is 23.8. The summed E-state index contributed by atoms with van der Waals surface area (Å²) in [6, 6.07) is 21.2. The summed E-state index contributed by atoms with van der Waals surface area (Å²) >= 11 is 0. The molecule has 0 bridgehead atoms. The fourth-order valence-electron chi connectivity index (χ4n) is 6.11. The molecule has 0 N–H and O–H groups in total. The van der Waals surface area contributed by atoms with Gasteiger partial charge in [-0.2, -0.15) is 26.3 Å². The summed E-state index contributed by atoms with van der Waals surface area (Å²) in [5.74, 6) is 0. The van der Waals surface area contributed by atoms with E-state index in [9.17, 15) is 26.3 Å². The molecule has 4 aromatic carbocycles. The molecule has 2 aliphatic carbocycles. The van der Waals surface area contributed by atoms with Crippen LogP contribution in [0, 0.1) is 6.92 Å². The molecule has 0 heterocycles. The van der Waals surface area contributed by atoms with E-state index in [0.717, 1.165) is 5.56 Å². The highest BCUT2D eigenvalue weighted by molar-refractivity contribution is 5.87. The summed E-state index contributed by atoms with van der Waals surface area (Å²) in [6.45, 7) is 4.11. The normalized spacial score (nSPS) is 21.9. The molecule has 0 amide bonds. The van der Waals surface area contributed by atoms with Gasteiger partial charge in [0.15, 0.2) is 0 Å². The van der Waals surface area contributed by atoms with E-state index in [1.54, 1.807) is 67.6 Å². The number of fused-ring (bicyclic) bond motifs is 6. The van der Waals surface area contributed by atoms with Crippen LogP contribution in [0.25, 0.3) is 33.4 Å². The Morgan fingerprint density at radius 3 is 1.41 bits per heavy atom. The van der Waals surface area contributed by atoms with Gasteiger partial charge in [0.2, 0.25) is 0 Å². The van der Waals surface area contributed by atoms with Gasteiger partial charge in [-0.25, -0.2) is 0 Å². The molecule has 6 heteroatoms. The van der Waals surface area contributed by atoms with Crippen molar-refractivity contribution in [3.8, 4) is 33.4 Å². The first-order valence-electron chi connectivity index (χ1n) is 11.9. The van der Waals surface area contributed by atoms with Gasteiger partial charge in [0.25, 0.3) is 0 Å². The number of rotatable bonds is 1. The molecule has 2 atom stereocenters. The highest BCUT2D eigenvalue weighted by Gasteiger charge is 2.59. The van der Waals surface area contributed by atoms with Gasteiger partial charge >= 0.3 is 12.4 Å². The molecule has 6 rings (SSSR count). The van der Waals surface area contributed by atoms with E-state index >= 15 is 0 Å². The molecule has 0 spiro atoms. The van der Waals surface area contributed by atoms with Crippen LogP contribution in [0.1, 0.15) is 41.7 Å². The molecule has 188 valence electrons. The van der Waals surface area contributed by atoms with Crippen molar-refractivity contribution in [3.05, 3.63) is 107 Å². The topological polar surface area (TPSA) is 0 Å². The third-order valence-electron chi connectivity index (χ3n) is 8.34. The van der Waals surface area contributed by atoms with E-state index in [2.05, 4.69) is 0 Å². The molecule has 0 radical (unpaired) electrons. The van der Waals surface area contributed by atoms with Crippen molar-refractivity contribution in [2.75, 3.05) is 0 Å². The maximum absolute atomic E-state index is 14.6. The minimum Gasteiger partial charge on any atom is -0.170 e. The summed E-state index contributed by atoms with van der Waals surface area (Å²) in [5, 5.41) is 0. The van der Waals surface area contributed by atoms with Gasteiger partial charge < -0.3 is 0 Å². The third kappa shape index (κ3) is 2.98. The molecular weight excluding hydrogens is 486 g/mol. The van der Waals surface area contributed by atoms with Crippen molar-refractivity contribution in [1.82, 2.24) is 0 Å². The van der Waals surface area contributed by atoms with Crippen molar-refractivity contribution in [3.63, 3.8) is 0 Å². The second-order valence-corrected chi connectivity index (χ2v) is 10.4. The Bertz CT molecular complexity index is 1590. The van der Waals surface area contributed by atoms with Gasteiger partial charge in [-0.05, 0) is 88.5 Å². The lowest BCUT2D eigenvalue weighted by molar-refractivity contribution is -0.172. The summed E-state index contributed by atoms with van der Waals surface area (Å²) in [6.07, 6.45) is -9.12. The van der Waals surface area contributed by atoms with Crippen LogP contribution in [-0.4, -0.2) is 12.4 Å². The lowest BCUT2D eigenvalue weighted by Crippen LogP contribution is -2.39. The Morgan fingerprint density at radius 1 is 0.486 bits per heavy atom. The van der Waals surface area contributed by atoms with Crippen LogP contribution in [0.5, 0.6) is 0 Å². The smallest absolute Gasteiger partial charge is 0.170 e.